The summed E-state index contributed by atoms with van der Waals surface area (Å²) in [4.78, 5) is 11.5. The predicted octanol–water partition coefficient (Wildman–Crippen LogP) is 0.387. The molecule has 1 fully saturated rings. The summed E-state index contributed by atoms with van der Waals surface area (Å²) < 4.78 is 0. The second-order valence-electron chi connectivity index (χ2n) is 3.22. The van der Waals surface area contributed by atoms with E-state index in [1.54, 1.807) is 5.01 Å². The molecule has 3 N–H and O–H groups in total. The maximum atomic E-state index is 11.5. The number of benzene rings is 1. The van der Waals surface area contributed by atoms with Crippen LogP contribution in [0.2, 0.25) is 0 Å². The van der Waals surface area contributed by atoms with E-state index in [1.165, 1.54) is 0 Å². The summed E-state index contributed by atoms with van der Waals surface area (Å²) in [7, 11) is 0. The molecule has 1 amide bonds. The van der Waals surface area contributed by atoms with Crippen molar-refractivity contribution in [3.63, 3.8) is 0 Å². The Hall–Kier alpha value is -1.39. The molecule has 0 aromatic heterocycles. The lowest BCUT2D eigenvalue weighted by Crippen LogP contribution is -2.35. The van der Waals surface area contributed by atoms with Crippen LogP contribution in [0.5, 0.6) is 0 Å². The number of nitrogens with two attached hydrogens (primary N) is 1. The Labute approximate surface area is 82.7 Å². The highest BCUT2D eigenvalue weighted by atomic mass is 16.2. The van der Waals surface area contributed by atoms with Crippen LogP contribution in [0.1, 0.15) is 12.0 Å². The van der Waals surface area contributed by atoms with E-state index < -0.39 is 0 Å². The summed E-state index contributed by atoms with van der Waals surface area (Å²) in [5.74, 6) is 0.103. The van der Waals surface area contributed by atoms with Gasteiger partial charge in [0.15, 0.2) is 0 Å². The summed E-state index contributed by atoms with van der Waals surface area (Å²) >= 11 is 0. The molecule has 4 nitrogen and oxygen atoms in total. The highest BCUT2D eigenvalue weighted by Crippen LogP contribution is 2.20. The van der Waals surface area contributed by atoms with Gasteiger partial charge in [-0.15, -0.1) is 0 Å². The molecule has 1 aliphatic heterocycles. The highest BCUT2D eigenvalue weighted by molar-refractivity contribution is 5.95. The molecule has 0 spiro atoms. The molecule has 0 unspecified atom stereocenters. The smallest absolute Gasteiger partial charge is 0.242 e. The van der Waals surface area contributed by atoms with Gasteiger partial charge in [-0.25, -0.2) is 10.4 Å². The van der Waals surface area contributed by atoms with Gasteiger partial charge in [0.1, 0.15) is 0 Å². The van der Waals surface area contributed by atoms with Crippen LogP contribution in [-0.2, 0) is 11.3 Å². The number of para-hydroxylation sites is 1. The zero-order valence-electron chi connectivity index (χ0n) is 7.86. The third kappa shape index (κ3) is 1.49. The van der Waals surface area contributed by atoms with E-state index in [9.17, 15) is 4.79 Å². The van der Waals surface area contributed by atoms with Crippen LogP contribution in [0.4, 0.5) is 5.69 Å². The van der Waals surface area contributed by atoms with E-state index in [4.69, 9.17) is 5.73 Å². The number of amides is 1. The monoisotopic (exact) mass is 191 g/mol. The Kier molecular flexibility index (Phi) is 2.47. The van der Waals surface area contributed by atoms with E-state index in [2.05, 4.69) is 5.43 Å². The van der Waals surface area contributed by atoms with E-state index in [0.29, 0.717) is 19.5 Å². The average molecular weight is 191 g/mol. The Balaban J connectivity index is 2.35. The number of anilines is 1. The first kappa shape index (κ1) is 9.18. The maximum absolute atomic E-state index is 11.5. The number of hydrogen-bond donors (Lipinski definition) is 2. The molecule has 0 radical (unpaired) electrons. The molecule has 1 aromatic rings. The summed E-state index contributed by atoms with van der Waals surface area (Å²) in [5, 5.41) is 1.59. The Morgan fingerprint density at radius 1 is 1.43 bits per heavy atom. The van der Waals surface area contributed by atoms with Crippen LogP contribution < -0.4 is 16.2 Å². The standard InChI is InChI=1S/C10H13N3O/c11-7-8-3-1-2-4-9(8)13-10(14)5-6-12-13/h1-4,12H,5-7,11H2. The number of nitrogens with zero attached hydrogens (tertiary/aromatic N) is 1. The Morgan fingerprint density at radius 2 is 2.21 bits per heavy atom. The number of rotatable bonds is 2. The molecular weight excluding hydrogens is 178 g/mol. The lowest BCUT2D eigenvalue weighted by atomic mass is 10.1. The molecule has 1 aromatic carbocycles. The Bertz CT molecular complexity index is 351. The normalized spacial score (nSPS) is 16.4. The zero-order chi connectivity index (χ0) is 9.97. The molecule has 2 rings (SSSR count). The lowest BCUT2D eigenvalue weighted by Gasteiger charge is -2.18. The van der Waals surface area contributed by atoms with E-state index >= 15 is 0 Å². The van der Waals surface area contributed by atoms with Gasteiger partial charge in [0.25, 0.3) is 0 Å². The van der Waals surface area contributed by atoms with Crippen LogP contribution in [-0.4, -0.2) is 12.5 Å². The SMILES string of the molecule is NCc1ccccc1N1NCCC1=O. The first-order chi connectivity index (χ1) is 6.83. The largest absolute Gasteiger partial charge is 0.326 e. The summed E-state index contributed by atoms with van der Waals surface area (Å²) in [6.45, 7) is 1.15. The minimum atomic E-state index is 0.103. The molecule has 1 aliphatic rings. The van der Waals surface area contributed by atoms with Gasteiger partial charge in [0.2, 0.25) is 5.91 Å². The fourth-order valence-electron chi connectivity index (χ4n) is 1.60. The summed E-state index contributed by atoms with van der Waals surface area (Å²) in [6.07, 6.45) is 0.554. The van der Waals surface area contributed by atoms with Gasteiger partial charge >= 0.3 is 0 Å². The molecule has 0 aliphatic carbocycles. The second kappa shape index (κ2) is 3.77. The van der Waals surface area contributed by atoms with Crippen molar-refractivity contribution in [3.8, 4) is 0 Å². The van der Waals surface area contributed by atoms with Crippen molar-refractivity contribution in [2.24, 2.45) is 5.73 Å². The number of hydrazine groups is 1. The fraction of sp³-hybridized carbons (Fsp3) is 0.300. The third-order valence-electron chi connectivity index (χ3n) is 2.31. The molecular formula is C10H13N3O. The molecule has 0 saturated carbocycles. The molecule has 1 heterocycles. The molecule has 74 valence electrons. The van der Waals surface area contributed by atoms with Crippen LogP contribution in [0.3, 0.4) is 0 Å². The number of carbonyl (C=O) groups is 1. The number of hydrogen-bond acceptors (Lipinski definition) is 3. The summed E-state index contributed by atoms with van der Waals surface area (Å²) in [6, 6.07) is 7.66. The maximum Gasteiger partial charge on any atom is 0.242 e. The predicted molar refractivity (Wildman–Crippen MR) is 54.4 cm³/mol. The second-order valence-corrected chi connectivity index (χ2v) is 3.22. The van der Waals surface area contributed by atoms with E-state index in [-0.39, 0.29) is 5.91 Å². The summed E-state index contributed by atoms with van der Waals surface area (Å²) in [5.41, 5.74) is 10.5. The van der Waals surface area contributed by atoms with Crippen LogP contribution >= 0.6 is 0 Å². The van der Waals surface area contributed by atoms with Crippen molar-refractivity contribution in [2.45, 2.75) is 13.0 Å². The molecule has 0 atom stereocenters. The van der Waals surface area contributed by atoms with Gasteiger partial charge in [0, 0.05) is 19.5 Å². The van der Waals surface area contributed by atoms with Crippen molar-refractivity contribution in [2.75, 3.05) is 11.6 Å². The fourth-order valence-corrected chi connectivity index (χ4v) is 1.60. The van der Waals surface area contributed by atoms with Crippen LogP contribution in [0.25, 0.3) is 0 Å². The molecule has 1 saturated heterocycles. The van der Waals surface area contributed by atoms with Gasteiger partial charge in [-0.2, -0.15) is 0 Å². The topological polar surface area (TPSA) is 58.4 Å². The van der Waals surface area contributed by atoms with Crippen molar-refractivity contribution >= 4 is 11.6 Å². The van der Waals surface area contributed by atoms with E-state index in [0.717, 1.165) is 11.3 Å². The third-order valence-corrected chi connectivity index (χ3v) is 2.31. The highest BCUT2D eigenvalue weighted by Gasteiger charge is 2.22. The van der Waals surface area contributed by atoms with Gasteiger partial charge in [-0.3, -0.25) is 4.79 Å². The minimum absolute atomic E-state index is 0.103. The quantitative estimate of drug-likeness (QED) is 0.710. The first-order valence-corrected chi connectivity index (χ1v) is 4.67. The lowest BCUT2D eigenvalue weighted by molar-refractivity contribution is -0.117. The van der Waals surface area contributed by atoms with Gasteiger partial charge in [0.05, 0.1) is 5.69 Å². The first-order valence-electron chi connectivity index (χ1n) is 4.67. The molecule has 0 bridgehead atoms. The van der Waals surface area contributed by atoms with Crippen molar-refractivity contribution in [1.82, 2.24) is 5.43 Å². The van der Waals surface area contributed by atoms with Crippen LogP contribution in [0.15, 0.2) is 24.3 Å². The van der Waals surface area contributed by atoms with Crippen LogP contribution in [0, 0.1) is 0 Å². The number of nitrogens with one attached hydrogen (secondary N) is 1. The minimum Gasteiger partial charge on any atom is -0.326 e. The molecule has 4 heteroatoms. The molecule has 14 heavy (non-hydrogen) atoms. The Morgan fingerprint density at radius 3 is 2.86 bits per heavy atom. The number of carbonyl (C=O) groups excluding carboxylic acids is 1. The van der Waals surface area contributed by atoms with Gasteiger partial charge in [-0.05, 0) is 11.6 Å². The zero-order valence-corrected chi connectivity index (χ0v) is 7.86. The van der Waals surface area contributed by atoms with Crippen molar-refractivity contribution in [3.05, 3.63) is 29.8 Å². The van der Waals surface area contributed by atoms with E-state index in [1.807, 2.05) is 24.3 Å². The average Bonchev–Trinajstić information content (AvgIpc) is 2.64. The van der Waals surface area contributed by atoms with Gasteiger partial charge in [-0.1, -0.05) is 18.2 Å². The van der Waals surface area contributed by atoms with Gasteiger partial charge < -0.3 is 5.73 Å². The van der Waals surface area contributed by atoms with Crippen molar-refractivity contribution < 1.29 is 4.79 Å². The van der Waals surface area contributed by atoms with Crippen molar-refractivity contribution in [1.29, 1.82) is 0 Å².